The van der Waals surface area contributed by atoms with Crippen molar-refractivity contribution >= 4 is 46.9 Å². The highest BCUT2D eigenvalue weighted by molar-refractivity contribution is 6.36. The van der Waals surface area contributed by atoms with Crippen LogP contribution in [-0.4, -0.2) is 144 Å². The number of aliphatic hydroxyl groups excluding tert-OH is 2. The maximum Gasteiger partial charge on any atom is 0.410 e. The molecule has 0 bridgehead atoms. The summed E-state index contributed by atoms with van der Waals surface area (Å²) in [5.74, 6) is -8.14. The van der Waals surface area contributed by atoms with Gasteiger partial charge in [0, 0.05) is 35.3 Å². The molecule has 308 valence electrons. The molecule has 2 atom stereocenters. The van der Waals surface area contributed by atoms with E-state index in [1.807, 2.05) is 0 Å². The van der Waals surface area contributed by atoms with Crippen molar-refractivity contribution in [3.8, 4) is 11.5 Å². The zero-order valence-electron chi connectivity index (χ0n) is 32.8. The minimum absolute atomic E-state index is 0.00396. The number of benzene rings is 2. The maximum atomic E-state index is 13.5. The van der Waals surface area contributed by atoms with Crippen LogP contribution in [0.1, 0.15) is 83.0 Å². The van der Waals surface area contributed by atoms with E-state index in [0.29, 0.717) is 0 Å². The van der Waals surface area contributed by atoms with Crippen molar-refractivity contribution in [3.05, 3.63) is 58.7 Å². The molecule has 17 heteroatoms. The number of Topliss-reactive ketones (excluding diaryl/α,β-unsaturated/α-hetero) is 6. The molecule has 2 aromatic carbocycles. The third kappa shape index (κ3) is 11.4. The number of fused-ring (bicyclic) bond motifs is 2. The SMILES string of the molecule is CC(C)(C)OC(=O)N(CCOCCO)CC(=O)C1C(=O)c2ccc(Oc3ccc4c(c3)C(=O)C(C(=O)CN(CCOCCO)C(=O)OC(C)(C)C)C4=O)cc2C1=O. The van der Waals surface area contributed by atoms with E-state index in [1.165, 1.54) is 36.4 Å². The molecule has 2 amide bonds. The zero-order chi connectivity index (χ0) is 42.2. The number of carbonyl (C=O) groups is 8. The normalized spacial score (nSPS) is 16.3. The fourth-order valence-electron chi connectivity index (χ4n) is 5.96. The van der Waals surface area contributed by atoms with E-state index in [-0.39, 0.29) is 86.5 Å². The molecule has 0 heterocycles. The van der Waals surface area contributed by atoms with Gasteiger partial charge in [0.25, 0.3) is 0 Å². The quantitative estimate of drug-likeness (QED) is 0.163. The molecule has 0 aromatic heterocycles. The lowest BCUT2D eigenvalue weighted by Gasteiger charge is -2.27. The van der Waals surface area contributed by atoms with Crippen molar-refractivity contribution in [1.82, 2.24) is 9.80 Å². The number of aliphatic hydroxyl groups is 2. The molecule has 0 fully saturated rings. The highest BCUT2D eigenvalue weighted by Gasteiger charge is 2.46. The van der Waals surface area contributed by atoms with E-state index in [2.05, 4.69) is 0 Å². The number of amides is 2. The summed E-state index contributed by atoms with van der Waals surface area (Å²) in [7, 11) is 0. The highest BCUT2D eigenvalue weighted by atomic mass is 16.6. The summed E-state index contributed by atoms with van der Waals surface area (Å²) in [6.07, 6.45) is -1.72. The Morgan fingerprint density at radius 2 is 0.912 bits per heavy atom. The Labute approximate surface area is 329 Å². The van der Waals surface area contributed by atoms with Gasteiger partial charge >= 0.3 is 12.2 Å². The first-order chi connectivity index (χ1) is 26.8. The number of carbonyl (C=O) groups excluding carboxylic acids is 8. The Bertz CT molecular complexity index is 1770. The molecular formula is C40H48N2O15. The molecule has 2 aliphatic carbocycles. The van der Waals surface area contributed by atoms with Gasteiger partial charge in [0.05, 0.1) is 52.7 Å². The largest absolute Gasteiger partial charge is 0.457 e. The van der Waals surface area contributed by atoms with Crippen molar-refractivity contribution in [2.75, 3.05) is 65.8 Å². The molecule has 2 aromatic rings. The first kappa shape index (κ1) is 44.4. The molecule has 0 aliphatic heterocycles. The first-order valence-corrected chi connectivity index (χ1v) is 18.3. The van der Waals surface area contributed by atoms with Gasteiger partial charge in [0.15, 0.2) is 34.7 Å². The van der Waals surface area contributed by atoms with Crippen molar-refractivity contribution in [2.24, 2.45) is 11.8 Å². The Balaban J connectivity index is 1.47. The van der Waals surface area contributed by atoms with E-state index >= 15 is 0 Å². The van der Waals surface area contributed by atoms with Gasteiger partial charge in [-0.1, -0.05) is 0 Å². The molecule has 0 saturated heterocycles. The summed E-state index contributed by atoms with van der Waals surface area (Å²) in [6.45, 7) is 7.72. The third-order valence-electron chi connectivity index (χ3n) is 8.45. The van der Waals surface area contributed by atoms with Crippen molar-refractivity contribution < 1.29 is 72.3 Å². The topological polar surface area (TPSA) is 230 Å². The van der Waals surface area contributed by atoms with Crippen LogP contribution in [0.25, 0.3) is 0 Å². The van der Waals surface area contributed by atoms with Crippen LogP contribution < -0.4 is 4.74 Å². The Morgan fingerprint density at radius 1 is 0.561 bits per heavy atom. The van der Waals surface area contributed by atoms with E-state index in [4.69, 9.17) is 33.9 Å². The van der Waals surface area contributed by atoms with Gasteiger partial charge in [-0.3, -0.25) is 38.6 Å². The second-order valence-electron chi connectivity index (χ2n) is 15.2. The Kier molecular flexibility index (Phi) is 14.6. The van der Waals surface area contributed by atoms with E-state index in [9.17, 15) is 38.4 Å². The van der Waals surface area contributed by atoms with Gasteiger partial charge in [-0.2, -0.15) is 0 Å². The van der Waals surface area contributed by atoms with E-state index < -0.39 is 83.0 Å². The molecule has 57 heavy (non-hydrogen) atoms. The molecule has 2 N–H and O–H groups in total. The Morgan fingerprint density at radius 3 is 1.25 bits per heavy atom. The van der Waals surface area contributed by atoms with Crippen molar-refractivity contribution in [2.45, 2.75) is 52.7 Å². The second kappa shape index (κ2) is 18.7. The number of hydrogen-bond donors (Lipinski definition) is 2. The van der Waals surface area contributed by atoms with Crippen LogP contribution in [0.3, 0.4) is 0 Å². The van der Waals surface area contributed by atoms with Gasteiger partial charge in [0.2, 0.25) is 0 Å². The summed E-state index contributed by atoms with van der Waals surface area (Å²) < 4.78 is 27.1. The zero-order valence-corrected chi connectivity index (χ0v) is 32.8. The van der Waals surface area contributed by atoms with Gasteiger partial charge in [-0.05, 0) is 77.9 Å². The molecule has 2 unspecified atom stereocenters. The van der Waals surface area contributed by atoms with Crippen LogP contribution >= 0.6 is 0 Å². The average Bonchev–Trinajstić information content (AvgIpc) is 3.52. The van der Waals surface area contributed by atoms with Crippen LogP contribution in [0.4, 0.5) is 9.59 Å². The van der Waals surface area contributed by atoms with E-state index in [1.54, 1.807) is 41.5 Å². The summed E-state index contributed by atoms with van der Waals surface area (Å²) in [6, 6.07) is 7.91. The minimum atomic E-state index is -1.73. The summed E-state index contributed by atoms with van der Waals surface area (Å²) in [5.41, 5.74) is -2.06. The number of ketones is 6. The van der Waals surface area contributed by atoms with Gasteiger partial charge < -0.3 is 33.9 Å². The maximum absolute atomic E-state index is 13.5. The predicted octanol–water partition coefficient (Wildman–Crippen LogP) is 3.10. The van der Waals surface area contributed by atoms with Crippen LogP contribution in [0, 0.1) is 11.8 Å². The third-order valence-corrected chi connectivity index (χ3v) is 8.45. The number of ether oxygens (including phenoxy) is 5. The molecular weight excluding hydrogens is 748 g/mol. The molecule has 4 rings (SSSR count). The fourth-order valence-corrected chi connectivity index (χ4v) is 5.96. The monoisotopic (exact) mass is 796 g/mol. The number of rotatable bonds is 18. The smallest absolute Gasteiger partial charge is 0.410 e. The lowest BCUT2D eigenvalue weighted by Crippen LogP contribution is -2.44. The summed E-state index contributed by atoms with van der Waals surface area (Å²) >= 11 is 0. The van der Waals surface area contributed by atoms with Crippen LogP contribution in [0.2, 0.25) is 0 Å². The number of nitrogens with zero attached hydrogens (tertiary/aromatic N) is 2. The summed E-state index contributed by atoms with van der Waals surface area (Å²) in [4.78, 5) is 108. The molecule has 0 radical (unpaired) electrons. The molecule has 0 spiro atoms. The highest BCUT2D eigenvalue weighted by Crippen LogP contribution is 2.35. The fraction of sp³-hybridized carbons (Fsp3) is 0.500. The van der Waals surface area contributed by atoms with E-state index in [0.717, 1.165) is 9.80 Å². The van der Waals surface area contributed by atoms with Gasteiger partial charge in [-0.25, -0.2) is 9.59 Å². The molecule has 17 nitrogen and oxygen atoms in total. The van der Waals surface area contributed by atoms with Gasteiger partial charge in [-0.15, -0.1) is 0 Å². The van der Waals surface area contributed by atoms with Gasteiger partial charge in [0.1, 0.15) is 34.5 Å². The lowest BCUT2D eigenvalue weighted by atomic mass is 9.98. The average molecular weight is 797 g/mol. The van der Waals surface area contributed by atoms with Crippen LogP contribution in [-0.2, 0) is 28.5 Å². The standard InChI is InChI=1S/C40H48N2O15/c1-39(2,3)56-37(51)41(11-15-53-17-13-43)21-29(45)31-33(47)25-9-7-23(19-27(25)35(31)49)55-24-8-10-26-28(20-24)36(50)32(34(26)48)30(46)22-42(12-16-54-18-14-44)38(52)57-40(4,5)6/h7-10,19-20,31-32,43-44H,11-18,21-22H2,1-6H3. The summed E-state index contributed by atoms with van der Waals surface area (Å²) in [5, 5.41) is 18.0. The predicted molar refractivity (Wildman–Crippen MR) is 199 cm³/mol. The minimum Gasteiger partial charge on any atom is -0.457 e. The van der Waals surface area contributed by atoms with Crippen molar-refractivity contribution in [3.63, 3.8) is 0 Å². The molecule has 0 saturated carbocycles. The van der Waals surface area contributed by atoms with Crippen LogP contribution in [0.15, 0.2) is 36.4 Å². The molecule has 2 aliphatic rings. The number of hydrogen-bond acceptors (Lipinski definition) is 15. The lowest BCUT2D eigenvalue weighted by molar-refractivity contribution is -0.122. The van der Waals surface area contributed by atoms with Crippen LogP contribution in [0.5, 0.6) is 11.5 Å². The Hall–Kier alpha value is -5.36. The first-order valence-electron chi connectivity index (χ1n) is 18.3. The second-order valence-corrected chi connectivity index (χ2v) is 15.2. The van der Waals surface area contributed by atoms with Crippen molar-refractivity contribution in [1.29, 1.82) is 0 Å².